The molecule has 2 aromatic carbocycles. The maximum atomic E-state index is 11.7. The monoisotopic (exact) mass is 425 g/mol. The number of benzene rings is 2. The molecule has 0 radical (unpaired) electrons. The third-order valence-corrected chi connectivity index (χ3v) is 5.94. The average Bonchev–Trinajstić information content (AvgIpc) is 3.19. The SMILES string of the molecule is CN=C(NCCc1cnn(-c2ccccc2)c1)NCc1ccc(S(C)(=O)=O)c(C)c1. The van der Waals surface area contributed by atoms with E-state index < -0.39 is 9.84 Å². The fourth-order valence-corrected chi connectivity index (χ4v) is 4.14. The van der Waals surface area contributed by atoms with Crippen molar-refractivity contribution in [2.45, 2.75) is 24.8 Å². The fraction of sp³-hybridized carbons (Fsp3) is 0.273. The van der Waals surface area contributed by atoms with Crippen LogP contribution in [0.4, 0.5) is 0 Å². The Balaban J connectivity index is 1.50. The smallest absolute Gasteiger partial charge is 0.191 e. The Labute approximate surface area is 177 Å². The van der Waals surface area contributed by atoms with E-state index >= 15 is 0 Å². The van der Waals surface area contributed by atoms with Crippen LogP contribution in [-0.2, 0) is 22.8 Å². The molecule has 3 aromatic rings. The number of hydrogen-bond donors (Lipinski definition) is 2. The first-order chi connectivity index (χ1) is 14.4. The molecule has 30 heavy (non-hydrogen) atoms. The molecule has 0 saturated heterocycles. The third-order valence-electron chi connectivity index (χ3n) is 4.69. The van der Waals surface area contributed by atoms with Crippen molar-refractivity contribution >= 4 is 15.8 Å². The molecule has 3 rings (SSSR count). The van der Waals surface area contributed by atoms with E-state index in [0.717, 1.165) is 28.8 Å². The molecule has 0 aliphatic heterocycles. The largest absolute Gasteiger partial charge is 0.356 e. The van der Waals surface area contributed by atoms with Gasteiger partial charge in [-0.2, -0.15) is 5.10 Å². The summed E-state index contributed by atoms with van der Waals surface area (Å²) in [6.45, 7) is 3.07. The van der Waals surface area contributed by atoms with Crippen molar-refractivity contribution in [2.24, 2.45) is 4.99 Å². The second kappa shape index (κ2) is 9.58. The van der Waals surface area contributed by atoms with Gasteiger partial charge < -0.3 is 10.6 Å². The first-order valence-electron chi connectivity index (χ1n) is 9.70. The molecule has 7 nitrogen and oxygen atoms in total. The molecule has 0 saturated carbocycles. The zero-order valence-electron chi connectivity index (χ0n) is 17.5. The molecular formula is C22H27N5O2S. The number of para-hydroxylation sites is 1. The Morgan fingerprint density at radius 2 is 1.87 bits per heavy atom. The van der Waals surface area contributed by atoms with Gasteiger partial charge in [-0.15, -0.1) is 0 Å². The van der Waals surface area contributed by atoms with Gasteiger partial charge in [-0.05, 0) is 48.2 Å². The molecule has 0 unspecified atom stereocenters. The number of nitrogens with zero attached hydrogens (tertiary/aromatic N) is 3. The van der Waals surface area contributed by atoms with Crippen molar-refractivity contribution in [3.8, 4) is 5.69 Å². The average molecular weight is 426 g/mol. The number of rotatable bonds is 7. The van der Waals surface area contributed by atoms with Gasteiger partial charge in [0.25, 0.3) is 0 Å². The molecule has 1 heterocycles. The zero-order valence-corrected chi connectivity index (χ0v) is 18.3. The standard InChI is InChI=1S/C22H27N5O2S/c1-17-13-18(9-10-21(17)30(3,28)29)14-25-22(23-2)24-12-11-19-15-26-27(16-19)20-7-5-4-6-8-20/h4-10,13,15-16H,11-12,14H2,1-3H3,(H2,23,24,25). The number of aliphatic imine (C=N–C) groups is 1. The Kier molecular flexibility index (Phi) is 6.89. The quantitative estimate of drug-likeness (QED) is 0.449. The van der Waals surface area contributed by atoms with Crippen molar-refractivity contribution in [1.29, 1.82) is 0 Å². The molecule has 0 amide bonds. The Hall–Kier alpha value is -3.13. The number of hydrogen-bond acceptors (Lipinski definition) is 4. The van der Waals surface area contributed by atoms with Crippen molar-refractivity contribution in [3.63, 3.8) is 0 Å². The summed E-state index contributed by atoms with van der Waals surface area (Å²) >= 11 is 0. The van der Waals surface area contributed by atoms with Crippen LogP contribution in [0.25, 0.3) is 5.69 Å². The summed E-state index contributed by atoms with van der Waals surface area (Å²) in [5.74, 6) is 0.690. The van der Waals surface area contributed by atoms with E-state index in [1.165, 1.54) is 6.26 Å². The van der Waals surface area contributed by atoms with E-state index in [2.05, 4.69) is 20.7 Å². The fourth-order valence-electron chi connectivity index (χ4n) is 3.18. The lowest BCUT2D eigenvalue weighted by molar-refractivity contribution is 0.601. The normalized spacial score (nSPS) is 12.0. The maximum absolute atomic E-state index is 11.7. The number of guanidine groups is 1. The van der Waals surface area contributed by atoms with Crippen LogP contribution in [0, 0.1) is 6.92 Å². The third kappa shape index (κ3) is 5.70. The van der Waals surface area contributed by atoms with Crippen LogP contribution in [0.1, 0.15) is 16.7 Å². The molecule has 0 aliphatic carbocycles. The van der Waals surface area contributed by atoms with E-state index in [9.17, 15) is 8.42 Å². The number of aryl methyl sites for hydroxylation is 1. The Morgan fingerprint density at radius 3 is 2.53 bits per heavy atom. The van der Waals surface area contributed by atoms with Crippen LogP contribution in [0.2, 0.25) is 0 Å². The maximum Gasteiger partial charge on any atom is 0.191 e. The van der Waals surface area contributed by atoms with Gasteiger partial charge in [0.05, 0.1) is 16.8 Å². The molecule has 0 fully saturated rings. The molecule has 0 bridgehead atoms. The van der Waals surface area contributed by atoms with Crippen LogP contribution in [0.3, 0.4) is 0 Å². The predicted octanol–water partition coefficient (Wildman–Crippen LogP) is 2.49. The van der Waals surface area contributed by atoms with E-state index in [1.54, 1.807) is 13.1 Å². The van der Waals surface area contributed by atoms with Crippen molar-refractivity contribution in [2.75, 3.05) is 19.8 Å². The number of sulfone groups is 1. The van der Waals surface area contributed by atoms with Gasteiger partial charge >= 0.3 is 0 Å². The second-order valence-electron chi connectivity index (χ2n) is 7.10. The molecule has 8 heteroatoms. The summed E-state index contributed by atoms with van der Waals surface area (Å²) in [6, 6.07) is 15.4. The van der Waals surface area contributed by atoms with E-state index in [1.807, 2.05) is 66.5 Å². The van der Waals surface area contributed by atoms with Crippen LogP contribution in [0.5, 0.6) is 0 Å². The van der Waals surface area contributed by atoms with Gasteiger partial charge in [-0.1, -0.05) is 30.3 Å². The summed E-state index contributed by atoms with van der Waals surface area (Å²) in [5.41, 5.74) is 3.90. The highest BCUT2D eigenvalue weighted by molar-refractivity contribution is 7.90. The molecule has 158 valence electrons. The van der Waals surface area contributed by atoms with Gasteiger partial charge in [-0.3, -0.25) is 4.99 Å². The lowest BCUT2D eigenvalue weighted by Gasteiger charge is -2.12. The van der Waals surface area contributed by atoms with Crippen LogP contribution < -0.4 is 10.6 Å². The molecule has 2 N–H and O–H groups in total. The summed E-state index contributed by atoms with van der Waals surface area (Å²) in [7, 11) is -1.48. The number of nitrogens with one attached hydrogen (secondary N) is 2. The highest BCUT2D eigenvalue weighted by atomic mass is 32.2. The van der Waals surface area contributed by atoms with Gasteiger partial charge in [0.1, 0.15) is 0 Å². The highest BCUT2D eigenvalue weighted by Gasteiger charge is 2.11. The molecule has 0 aliphatic rings. The minimum absolute atomic E-state index is 0.366. The van der Waals surface area contributed by atoms with Crippen LogP contribution in [-0.4, -0.2) is 44.0 Å². The topological polar surface area (TPSA) is 88.4 Å². The Morgan fingerprint density at radius 1 is 1.10 bits per heavy atom. The lowest BCUT2D eigenvalue weighted by atomic mass is 10.1. The van der Waals surface area contributed by atoms with Crippen molar-refractivity contribution in [3.05, 3.63) is 77.6 Å². The zero-order chi connectivity index (χ0) is 21.6. The lowest BCUT2D eigenvalue weighted by Crippen LogP contribution is -2.37. The van der Waals surface area contributed by atoms with E-state index in [-0.39, 0.29) is 0 Å². The van der Waals surface area contributed by atoms with Gasteiger partial charge in [-0.25, -0.2) is 13.1 Å². The number of aromatic nitrogens is 2. The minimum Gasteiger partial charge on any atom is -0.356 e. The summed E-state index contributed by atoms with van der Waals surface area (Å²) in [4.78, 5) is 4.61. The molecule has 1 aromatic heterocycles. The highest BCUT2D eigenvalue weighted by Crippen LogP contribution is 2.16. The second-order valence-corrected chi connectivity index (χ2v) is 9.09. The molecular weight excluding hydrogens is 398 g/mol. The molecule has 0 atom stereocenters. The van der Waals surface area contributed by atoms with Crippen molar-refractivity contribution in [1.82, 2.24) is 20.4 Å². The minimum atomic E-state index is -3.20. The summed E-state index contributed by atoms with van der Waals surface area (Å²) in [5, 5.41) is 11.0. The first kappa shape index (κ1) is 21.6. The van der Waals surface area contributed by atoms with Crippen LogP contribution in [0.15, 0.2) is 70.8 Å². The van der Waals surface area contributed by atoms with Gasteiger partial charge in [0.2, 0.25) is 0 Å². The predicted molar refractivity (Wildman–Crippen MR) is 120 cm³/mol. The first-order valence-corrected chi connectivity index (χ1v) is 11.6. The Bertz CT molecular complexity index is 1120. The van der Waals surface area contributed by atoms with Gasteiger partial charge in [0.15, 0.2) is 15.8 Å². The summed E-state index contributed by atoms with van der Waals surface area (Å²) < 4.78 is 25.4. The molecule has 0 spiro atoms. The van der Waals surface area contributed by atoms with Gasteiger partial charge in [0, 0.05) is 32.6 Å². The van der Waals surface area contributed by atoms with Crippen molar-refractivity contribution < 1.29 is 8.42 Å². The van der Waals surface area contributed by atoms with Crippen LogP contribution >= 0.6 is 0 Å². The van der Waals surface area contributed by atoms with E-state index in [0.29, 0.717) is 23.9 Å². The summed E-state index contributed by atoms with van der Waals surface area (Å²) in [6.07, 6.45) is 5.94. The van der Waals surface area contributed by atoms with E-state index in [4.69, 9.17) is 0 Å².